The number of rotatable bonds is 8. The van der Waals surface area contributed by atoms with Gasteiger partial charge in [0, 0.05) is 40.4 Å². The van der Waals surface area contributed by atoms with Crippen molar-refractivity contribution in [2.24, 2.45) is 0 Å². The second-order valence-electron chi connectivity index (χ2n) is 4.37. The number of carbonyl (C=O) groups is 2. The van der Waals surface area contributed by atoms with E-state index in [9.17, 15) is 9.59 Å². The number of hydrogen-bond acceptors (Lipinski definition) is 5. The van der Waals surface area contributed by atoms with Crippen LogP contribution in [0.15, 0.2) is 0 Å². The molecule has 1 aliphatic heterocycles. The van der Waals surface area contributed by atoms with Crippen LogP contribution < -0.4 is 10.6 Å². The Morgan fingerprint density at radius 2 is 2.16 bits per heavy atom. The summed E-state index contributed by atoms with van der Waals surface area (Å²) in [5, 5.41) is 5.78. The summed E-state index contributed by atoms with van der Waals surface area (Å²) in [6.07, 6.45) is 0.159. The Balaban J connectivity index is 2.35. The Labute approximate surface area is 113 Å². The number of carbonyl (C=O) groups excluding carboxylic acids is 2. The summed E-state index contributed by atoms with van der Waals surface area (Å²) in [7, 11) is 3.18. The highest BCUT2D eigenvalue weighted by Gasteiger charge is 2.29. The third kappa shape index (κ3) is 5.54. The Morgan fingerprint density at radius 1 is 1.42 bits per heavy atom. The molecule has 2 amide bonds. The highest BCUT2D eigenvalue weighted by molar-refractivity contribution is 5.88. The lowest BCUT2D eigenvalue weighted by molar-refractivity contribution is -0.138. The quantitative estimate of drug-likeness (QED) is 0.531. The summed E-state index contributed by atoms with van der Waals surface area (Å²) in [4.78, 5) is 25.5. The van der Waals surface area contributed by atoms with Crippen molar-refractivity contribution in [3.05, 3.63) is 0 Å². The molecule has 7 nitrogen and oxygen atoms in total. The maximum atomic E-state index is 12.1. The molecule has 1 atom stereocenters. The van der Waals surface area contributed by atoms with E-state index in [-0.39, 0.29) is 18.2 Å². The summed E-state index contributed by atoms with van der Waals surface area (Å²) < 4.78 is 9.81. The minimum atomic E-state index is -0.437. The van der Waals surface area contributed by atoms with Gasteiger partial charge in [0.25, 0.3) is 0 Å². The minimum absolute atomic E-state index is 0.0369. The molecule has 1 saturated heterocycles. The Kier molecular flexibility index (Phi) is 7.39. The molecule has 0 spiro atoms. The van der Waals surface area contributed by atoms with Gasteiger partial charge in [-0.25, -0.2) is 0 Å². The van der Waals surface area contributed by atoms with E-state index in [1.807, 2.05) is 0 Å². The number of nitrogens with one attached hydrogen (secondary N) is 2. The van der Waals surface area contributed by atoms with Crippen molar-refractivity contribution >= 4 is 11.8 Å². The van der Waals surface area contributed by atoms with Crippen LogP contribution >= 0.6 is 0 Å². The van der Waals surface area contributed by atoms with Gasteiger partial charge >= 0.3 is 0 Å². The van der Waals surface area contributed by atoms with Crippen LogP contribution in [-0.4, -0.2) is 76.4 Å². The van der Waals surface area contributed by atoms with Crippen molar-refractivity contribution in [3.63, 3.8) is 0 Å². The van der Waals surface area contributed by atoms with Gasteiger partial charge in [-0.15, -0.1) is 0 Å². The summed E-state index contributed by atoms with van der Waals surface area (Å²) in [5.74, 6) is -0.179. The summed E-state index contributed by atoms with van der Waals surface area (Å²) in [6, 6.07) is -0.437. The first-order valence-electron chi connectivity index (χ1n) is 6.45. The number of piperazine rings is 1. The number of amides is 2. The highest BCUT2D eigenvalue weighted by Crippen LogP contribution is 2.05. The topological polar surface area (TPSA) is 79.9 Å². The summed E-state index contributed by atoms with van der Waals surface area (Å²) in [5.41, 5.74) is 0. The molecule has 19 heavy (non-hydrogen) atoms. The van der Waals surface area contributed by atoms with Crippen molar-refractivity contribution in [1.82, 2.24) is 15.5 Å². The first-order valence-corrected chi connectivity index (χ1v) is 6.45. The van der Waals surface area contributed by atoms with Crippen molar-refractivity contribution in [3.8, 4) is 0 Å². The molecule has 0 aromatic rings. The van der Waals surface area contributed by atoms with Crippen LogP contribution in [0.4, 0.5) is 0 Å². The largest absolute Gasteiger partial charge is 0.383 e. The molecule has 1 aliphatic rings. The van der Waals surface area contributed by atoms with Gasteiger partial charge in [-0.2, -0.15) is 0 Å². The average Bonchev–Trinajstić information content (AvgIpc) is 2.40. The van der Waals surface area contributed by atoms with Gasteiger partial charge in [-0.05, 0) is 0 Å². The number of hydrogen-bond donors (Lipinski definition) is 2. The van der Waals surface area contributed by atoms with Crippen molar-refractivity contribution in [2.45, 2.75) is 12.5 Å². The molecule has 0 aliphatic carbocycles. The lowest BCUT2D eigenvalue weighted by Gasteiger charge is -2.32. The molecule has 1 rings (SSSR count). The molecule has 2 N–H and O–H groups in total. The zero-order valence-corrected chi connectivity index (χ0v) is 11.6. The Hall–Kier alpha value is -1.18. The van der Waals surface area contributed by atoms with E-state index in [0.29, 0.717) is 39.4 Å². The fourth-order valence-corrected chi connectivity index (χ4v) is 1.92. The van der Waals surface area contributed by atoms with Gasteiger partial charge in [0.1, 0.15) is 0 Å². The van der Waals surface area contributed by atoms with Gasteiger partial charge in [-0.3, -0.25) is 9.59 Å². The Morgan fingerprint density at radius 3 is 2.84 bits per heavy atom. The first kappa shape index (κ1) is 15.9. The smallest absolute Gasteiger partial charge is 0.240 e. The maximum absolute atomic E-state index is 12.1. The second-order valence-corrected chi connectivity index (χ2v) is 4.37. The molecule has 110 valence electrons. The van der Waals surface area contributed by atoms with E-state index >= 15 is 0 Å². The molecule has 0 radical (unpaired) electrons. The van der Waals surface area contributed by atoms with E-state index in [2.05, 4.69) is 10.6 Å². The van der Waals surface area contributed by atoms with Crippen LogP contribution in [0.3, 0.4) is 0 Å². The molecular weight excluding hydrogens is 250 g/mol. The van der Waals surface area contributed by atoms with Gasteiger partial charge in [-0.1, -0.05) is 0 Å². The third-order valence-corrected chi connectivity index (χ3v) is 2.97. The van der Waals surface area contributed by atoms with E-state index < -0.39 is 6.04 Å². The van der Waals surface area contributed by atoms with Crippen molar-refractivity contribution < 1.29 is 19.1 Å². The number of methoxy groups -OCH3 is 2. The van der Waals surface area contributed by atoms with E-state index in [1.54, 1.807) is 19.1 Å². The molecule has 1 unspecified atom stereocenters. The molecular formula is C12H23N3O4. The monoisotopic (exact) mass is 273 g/mol. The zero-order valence-electron chi connectivity index (χ0n) is 11.6. The predicted molar refractivity (Wildman–Crippen MR) is 69.7 cm³/mol. The van der Waals surface area contributed by atoms with Crippen molar-refractivity contribution in [2.75, 3.05) is 53.6 Å². The van der Waals surface area contributed by atoms with Crippen LogP contribution in [0.5, 0.6) is 0 Å². The fourth-order valence-electron chi connectivity index (χ4n) is 1.92. The molecule has 0 aromatic carbocycles. The van der Waals surface area contributed by atoms with Crippen LogP contribution in [0.25, 0.3) is 0 Å². The predicted octanol–water partition coefficient (Wildman–Crippen LogP) is -1.41. The standard InChI is InChI=1S/C12H23N3O4/c1-18-7-4-14-11(16)9-10-12(17)15(5-3-13-10)6-8-19-2/h10,13H,3-9H2,1-2H3,(H,14,16). The van der Waals surface area contributed by atoms with Gasteiger partial charge in [0.2, 0.25) is 11.8 Å². The number of ether oxygens (including phenoxy) is 2. The molecule has 0 aromatic heterocycles. The Bertz CT molecular complexity index is 299. The minimum Gasteiger partial charge on any atom is -0.383 e. The van der Waals surface area contributed by atoms with Gasteiger partial charge in [0.15, 0.2) is 0 Å². The van der Waals surface area contributed by atoms with Crippen molar-refractivity contribution in [1.29, 1.82) is 0 Å². The zero-order chi connectivity index (χ0) is 14.1. The van der Waals surface area contributed by atoms with Crippen LogP contribution in [-0.2, 0) is 19.1 Å². The molecule has 0 saturated carbocycles. The number of nitrogens with zero attached hydrogens (tertiary/aromatic N) is 1. The van der Waals surface area contributed by atoms with Gasteiger partial charge in [0.05, 0.1) is 25.7 Å². The summed E-state index contributed by atoms with van der Waals surface area (Å²) in [6.45, 7) is 3.37. The maximum Gasteiger partial charge on any atom is 0.240 e. The van der Waals surface area contributed by atoms with E-state index in [1.165, 1.54) is 0 Å². The average molecular weight is 273 g/mol. The van der Waals surface area contributed by atoms with E-state index in [4.69, 9.17) is 9.47 Å². The SMILES string of the molecule is COCCNC(=O)CC1NCCN(CCOC)C1=O. The fraction of sp³-hybridized carbons (Fsp3) is 0.833. The van der Waals surface area contributed by atoms with Crippen LogP contribution in [0.1, 0.15) is 6.42 Å². The normalized spacial score (nSPS) is 19.6. The lowest BCUT2D eigenvalue weighted by atomic mass is 10.1. The molecule has 1 fully saturated rings. The van der Waals surface area contributed by atoms with Crippen LogP contribution in [0.2, 0.25) is 0 Å². The lowest BCUT2D eigenvalue weighted by Crippen LogP contribution is -2.56. The highest BCUT2D eigenvalue weighted by atomic mass is 16.5. The van der Waals surface area contributed by atoms with E-state index in [0.717, 1.165) is 0 Å². The molecule has 0 bridgehead atoms. The third-order valence-electron chi connectivity index (χ3n) is 2.97. The van der Waals surface area contributed by atoms with Crippen LogP contribution in [0, 0.1) is 0 Å². The first-order chi connectivity index (χ1) is 9.19. The second kappa shape index (κ2) is 8.84. The van der Waals surface area contributed by atoms with Gasteiger partial charge < -0.3 is 25.0 Å². The molecule has 1 heterocycles. The summed E-state index contributed by atoms with van der Waals surface area (Å²) >= 11 is 0. The molecule has 7 heteroatoms.